The Labute approximate surface area is 288 Å². The first-order valence-corrected chi connectivity index (χ1v) is 18.1. The van der Waals surface area contributed by atoms with Crippen LogP contribution in [0, 0.1) is 17.8 Å². The van der Waals surface area contributed by atoms with Gasteiger partial charge in [-0.1, -0.05) is 25.0 Å². The molecule has 6 rings (SSSR count). The lowest BCUT2D eigenvalue weighted by molar-refractivity contribution is -0.139. The number of carbonyl (C=O) groups is 4. The highest BCUT2D eigenvalue weighted by atomic mass is 32.1. The molecule has 0 spiro atoms. The molecule has 3 aromatic rings. The summed E-state index contributed by atoms with van der Waals surface area (Å²) in [6, 6.07) is 2.08. The van der Waals surface area contributed by atoms with Gasteiger partial charge in [0.1, 0.15) is 29.8 Å². The van der Waals surface area contributed by atoms with Gasteiger partial charge in [-0.25, -0.2) is 9.78 Å². The predicted molar refractivity (Wildman–Crippen MR) is 183 cm³/mol. The van der Waals surface area contributed by atoms with E-state index < -0.39 is 30.1 Å². The smallest absolute Gasteiger partial charge is 0.408 e. The summed E-state index contributed by atoms with van der Waals surface area (Å²) in [6.45, 7) is 0.534. The zero-order valence-electron chi connectivity index (χ0n) is 27.4. The van der Waals surface area contributed by atoms with E-state index in [9.17, 15) is 19.2 Å². The van der Waals surface area contributed by atoms with Crippen molar-refractivity contribution in [1.29, 1.82) is 0 Å². The Morgan fingerprint density at radius 1 is 1.14 bits per heavy atom. The van der Waals surface area contributed by atoms with Gasteiger partial charge in [0.05, 0.1) is 27.6 Å². The van der Waals surface area contributed by atoms with E-state index in [-0.39, 0.29) is 42.9 Å². The van der Waals surface area contributed by atoms with Crippen molar-refractivity contribution in [3.05, 3.63) is 42.9 Å². The second kappa shape index (κ2) is 15.8. The van der Waals surface area contributed by atoms with E-state index in [0.29, 0.717) is 31.4 Å². The minimum Gasteiger partial charge on any atom is -0.492 e. The lowest BCUT2D eigenvalue weighted by atomic mass is 10.0. The third-order valence-electron chi connectivity index (χ3n) is 9.65. The van der Waals surface area contributed by atoms with Crippen molar-refractivity contribution in [2.45, 2.75) is 88.8 Å². The van der Waals surface area contributed by atoms with Crippen LogP contribution in [0.3, 0.4) is 0 Å². The molecular weight excluding hydrogens is 648 g/mol. The third-order valence-corrected chi connectivity index (χ3v) is 10.8. The number of aliphatic carboxylic acids is 1. The summed E-state index contributed by atoms with van der Waals surface area (Å²) in [5, 5.41) is 11.9. The average molecular weight is 693 g/mol. The first kappa shape index (κ1) is 34.4. The molecule has 262 valence electrons. The summed E-state index contributed by atoms with van der Waals surface area (Å²) in [7, 11) is 0. The number of carboxylic acid groups (broad SMARTS) is 1. The summed E-state index contributed by atoms with van der Waals surface area (Å²) in [6.07, 6.45) is 16.6. The topological polar surface area (TPSA) is 190 Å². The van der Waals surface area contributed by atoms with Gasteiger partial charge < -0.3 is 35.5 Å². The number of aromatic amines is 1. The van der Waals surface area contributed by atoms with E-state index in [4.69, 9.17) is 20.3 Å². The molecule has 14 heteroatoms. The van der Waals surface area contributed by atoms with Crippen LogP contribution in [-0.2, 0) is 19.1 Å². The molecule has 2 saturated carbocycles. The maximum absolute atomic E-state index is 14.0. The lowest BCUT2D eigenvalue weighted by Gasteiger charge is -2.28. The Hall–Kier alpha value is -4.46. The number of likely N-dealkylation sites (tertiary alicyclic amines) is 1. The van der Waals surface area contributed by atoms with Gasteiger partial charge in [-0.2, -0.15) is 0 Å². The molecule has 0 bridgehead atoms. The molecule has 3 fully saturated rings. The third kappa shape index (κ3) is 8.77. The first-order valence-electron chi connectivity index (χ1n) is 17.2. The largest absolute Gasteiger partial charge is 0.492 e. The molecule has 13 nitrogen and oxygen atoms in total. The summed E-state index contributed by atoms with van der Waals surface area (Å²) in [4.78, 5) is 64.9. The van der Waals surface area contributed by atoms with Gasteiger partial charge in [0, 0.05) is 31.1 Å². The number of pyridine rings is 1. The molecule has 2 aliphatic carbocycles. The standard InChI is InChI=1S/C35H44N6O7S/c36-31(42)27-16-21(20-47-28-12-13-37-26-18-29(49-30(26)28)32-38-14-15-39-32)19-41(27)33(43)25(40-35(46)48-23-9-6-7-10-23)11-5-3-1-2-4-8-22-17-24(22)34(44)45/h4,8,12-15,18,21-25,27H,1-3,5-7,9-11,16-17,19-20H2,(H2,36,42)(H,38,39)(H,40,46)(H,44,45)/b8-4-/t21-,22-,24+,25+,27+/m1/s1. The van der Waals surface area contributed by atoms with Crippen molar-refractivity contribution >= 4 is 45.4 Å². The Morgan fingerprint density at radius 2 is 1.98 bits per heavy atom. The SMILES string of the molecule is NC(=O)[C@@H]1C[C@@H](COc2ccnc3cc(-c4ncc[nH]4)sc23)CN1C(=O)[C@H](CCCCC/C=C\[C@@H]1C[C@@H]1C(=O)O)NC(=O)OC1CCCC1. The highest BCUT2D eigenvalue weighted by Gasteiger charge is 2.42. The van der Waals surface area contributed by atoms with Crippen LogP contribution in [-0.4, -0.2) is 80.2 Å². The van der Waals surface area contributed by atoms with Crippen LogP contribution in [0.5, 0.6) is 5.75 Å². The van der Waals surface area contributed by atoms with Crippen molar-refractivity contribution in [1.82, 2.24) is 25.2 Å². The molecule has 5 atom stereocenters. The van der Waals surface area contributed by atoms with Crippen molar-refractivity contribution in [2.75, 3.05) is 13.2 Å². The van der Waals surface area contributed by atoms with Gasteiger partial charge in [-0.3, -0.25) is 19.4 Å². The number of carbonyl (C=O) groups excluding carboxylic acids is 3. The van der Waals surface area contributed by atoms with Crippen LogP contribution in [0.25, 0.3) is 20.9 Å². The number of amides is 3. The number of hydrogen-bond acceptors (Lipinski definition) is 9. The second-order valence-corrected chi connectivity index (χ2v) is 14.4. The van der Waals surface area contributed by atoms with Crippen molar-refractivity contribution < 1.29 is 33.8 Å². The summed E-state index contributed by atoms with van der Waals surface area (Å²) < 4.78 is 12.8. The predicted octanol–water partition coefficient (Wildman–Crippen LogP) is 5.03. The summed E-state index contributed by atoms with van der Waals surface area (Å²) in [5.41, 5.74) is 6.60. The monoisotopic (exact) mass is 692 g/mol. The Balaban J connectivity index is 1.06. The van der Waals surface area contributed by atoms with Gasteiger partial charge >= 0.3 is 12.1 Å². The van der Waals surface area contributed by atoms with Crippen molar-refractivity contribution in [2.24, 2.45) is 23.5 Å². The normalized spacial score (nSPS) is 22.8. The van der Waals surface area contributed by atoms with E-state index in [1.165, 1.54) is 16.2 Å². The molecule has 0 aromatic carbocycles. The van der Waals surface area contributed by atoms with Crippen LogP contribution in [0.4, 0.5) is 4.79 Å². The number of thiophene rings is 1. The molecule has 3 amide bonds. The van der Waals surface area contributed by atoms with Gasteiger partial charge in [0.25, 0.3) is 0 Å². The van der Waals surface area contributed by atoms with Crippen LogP contribution in [0.1, 0.15) is 70.6 Å². The number of hydrogen-bond donors (Lipinski definition) is 4. The quantitative estimate of drug-likeness (QED) is 0.118. The number of nitrogens with zero attached hydrogens (tertiary/aromatic N) is 3. The molecular formula is C35H44N6O7S. The van der Waals surface area contributed by atoms with Crippen LogP contribution in [0.2, 0.25) is 0 Å². The van der Waals surface area contributed by atoms with Crippen LogP contribution < -0.4 is 15.8 Å². The number of alkyl carbamates (subject to hydrolysis) is 1. The number of carboxylic acids is 1. The molecule has 3 aromatic heterocycles. The number of nitrogens with two attached hydrogens (primary N) is 1. The number of allylic oxidation sites excluding steroid dienone is 2. The Morgan fingerprint density at radius 3 is 2.71 bits per heavy atom. The van der Waals surface area contributed by atoms with Crippen LogP contribution in [0.15, 0.2) is 42.9 Å². The first-order chi connectivity index (χ1) is 23.8. The van der Waals surface area contributed by atoms with Gasteiger partial charge in [0.15, 0.2) is 0 Å². The van der Waals surface area contributed by atoms with E-state index in [1.807, 2.05) is 18.2 Å². The van der Waals surface area contributed by atoms with E-state index >= 15 is 0 Å². The number of fused-ring (bicyclic) bond motifs is 1. The van der Waals surface area contributed by atoms with Gasteiger partial charge in [0.2, 0.25) is 11.8 Å². The molecule has 3 aliphatic rings. The number of rotatable bonds is 16. The fraction of sp³-hybridized carbons (Fsp3) is 0.543. The number of imidazole rings is 1. The number of ether oxygens (including phenoxy) is 2. The molecule has 5 N–H and O–H groups in total. The maximum Gasteiger partial charge on any atom is 0.408 e. The number of H-pyrrole nitrogens is 1. The highest BCUT2D eigenvalue weighted by molar-refractivity contribution is 7.22. The zero-order valence-corrected chi connectivity index (χ0v) is 28.2. The fourth-order valence-corrected chi connectivity index (χ4v) is 7.91. The van der Waals surface area contributed by atoms with Gasteiger partial charge in [-0.05, 0) is 75.8 Å². The fourth-order valence-electron chi connectivity index (χ4n) is 6.87. The number of unbranched alkanes of at least 4 members (excludes halogenated alkanes) is 3. The Bertz CT molecular complexity index is 1650. The summed E-state index contributed by atoms with van der Waals surface area (Å²) in [5.74, 6) is -0.556. The minimum atomic E-state index is -0.861. The molecule has 0 unspecified atom stereocenters. The highest BCUT2D eigenvalue weighted by Crippen LogP contribution is 2.40. The molecule has 0 radical (unpaired) electrons. The zero-order chi connectivity index (χ0) is 34.3. The maximum atomic E-state index is 14.0. The number of primary amides is 1. The average Bonchev–Trinajstić information content (AvgIpc) is 3.63. The van der Waals surface area contributed by atoms with E-state index in [2.05, 4.69) is 20.3 Å². The second-order valence-electron chi connectivity index (χ2n) is 13.3. The van der Waals surface area contributed by atoms with Crippen LogP contribution >= 0.6 is 11.3 Å². The molecule has 4 heterocycles. The van der Waals surface area contributed by atoms with E-state index in [1.54, 1.807) is 24.7 Å². The van der Waals surface area contributed by atoms with Gasteiger partial charge in [-0.15, -0.1) is 11.3 Å². The minimum absolute atomic E-state index is 0.129. The lowest BCUT2D eigenvalue weighted by Crippen LogP contribution is -2.53. The van der Waals surface area contributed by atoms with Crippen molar-refractivity contribution in [3.63, 3.8) is 0 Å². The Kier molecular flexibility index (Phi) is 11.1. The number of aromatic nitrogens is 3. The molecule has 49 heavy (non-hydrogen) atoms. The number of nitrogens with one attached hydrogen (secondary N) is 2. The van der Waals surface area contributed by atoms with E-state index in [0.717, 1.165) is 65.9 Å². The molecule has 1 aliphatic heterocycles. The van der Waals surface area contributed by atoms with Crippen molar-refractivity contribution in [3.8, 4) is 16.5 Å². The summed E-state index contributed by atoms with van der Waals surface area (Å²) >= 11 is 1.52. The molecule has 1 saturated heterocycles.